The Morgan fingerprint density at radius 3 is 3.06 bits per heavy atom. The van der Waals surface area contributed by atoms with E-state index >= 15 is 0 Å². The third-order valence-electron chi connectivity index (χ3n) is 2.00. The summed E-state index contributed by atoms with van der Waals surface area (Å²) < 4.78 is 2.04. The highest BCUT2D eigenvalue weighted by molar-refractivity contribution is 7.99. The van der Waals surface area contributed by atoms with Gasteiger partial charge in [-0.2, -0.15) is 11.8 Å². The van der Waals surface area contributed by atoms with E-state index in [4.69, 9.17) is 5.11 Å². The van der Waals surface area contributed by atoms with Gasteiger partial charge in [0, 0.05) is 24.2 Å². The number of hydrogen-bond acceptors (Lipinski definition) is 4. The van der Waals surface area contributed by atoms with Crippen molar-refractivity contribution in [2.75, 3.05) is 17.3 Å². The fraction of sp³-hybridized carbons (Fsp3) is 0.600. The highest BCUT2D eigenvalue weighted by atomic mass is 32.2. The van der Waals surface area contributed by atoms with E-state index in [1.54, 1.807) is 6.20 Å². The summed E-state index contributed by atoms with van der Waals surface area (Å²) in [6.45, 7) is 4.25. The molecule has 90 valence electrons. The molecule has 0 saturated heterocycles. The first-order valence-electron chi connectivity index (χ1n) is 5.10. The minimum atomic E-state index is -0.810. The molecule has 1 rings (SSSR count). The summed E-state index contributed by atoms with van der Waals surface area (Å²) in [4.78, 5) is 14.7. The summed E-state index contributed by atoms with van der Waals surface area (Å²) in [6, 6.07) is 0.351. The second-order valence-electron chi connectivity index (χ2n) is 3.31. The van der Waals surface area contributed by atoms with E-state index in [0.717, 1.165) is 16.7 Å². The number of imidazole rings is 1. The van der Waals surface area contributed by atoms with Crippen LogP contribution in [-0.2, 0) is 4.79 Å². The van der Waals surface area contributed by atoms with E-state index in [1.165, 1.54) is 11.8 Å². The maximum absolute atomic E-state index is 10.5. The smallest absolute Gasteiger partial charge is 0.313 e. The number of thioether (sulfide) groups is 2. The lowest BCUT2D eigenvalue weighted by molar-refractivity contribution is -0.133. The fourth-order valence-corrected chi connectivity index (χ4v) is 2.76. The molecule has 0 aliphatic heterocycles. The molecule has 0 radical (unpaired) electrons. The SMILES string of the molecule is CCSCC(C)n1ccnc1SCC(=O)O. The van der Waals surface area contributed by atoms with Crippen LogP contribution in [0.3, 0.4) is 0 Å². The molecule has 0 aromatic carbocycles. The first kappa shape index (κ1) is 13.4. The van der Waals surface area contributed by atoms with Gasteiger partial charge in [-0.3, -0.25) is 4.79 Å². The topological polar surface area (TPSA) is 55.1 Å². The molecule has 0 aliphatic carbocycles. The second-order valence-corrected chi connectivity index (χ2v) is 5.57. The molecule has 1 heterocycles. The van der Waals surface area contributed by atoms with Gasteiger partial charge >= 0.3 is 5.97 Å². The molecule has 0 amide bonds. The van der Waals surface area contributed by atoms with Gasteiger partial charge in [0.2, 0.25) is 0 Å². The van der Waals surface area contributed by atoms with Gasteiger partial charge in [0.25, 0.3) is 0 Å². The maximum atomic E-state index is 10.5. The average molecular weight is 260 g/mol. The van der Waals surface area contributed by atoms with Crippen LogP contribution in [0.15, 0.2) is 17.6 Å². The molecular formula is C10H16N2O2S2. The highest BCUT2D eigenvalue weighted by Crippen LogP contribution is 2.22. The molecular weight excluding hydrogens is 244 g/mol. The largest absolute Gasteiger partial charge is 0.481 e. The predicted octanol–water partition coefficient (Wildman–Crippen LogP) is 2.37. The zero-order valence-electron chi connectivity index (χ0n) is 9.42. The van der Waals surface area contributed by atoms with Gasteiger partial charge in [0.05, 0.1) is 5.75 Å². The van der Waals surface area contributed by atoms with Crippen molar-refractivity contribution in [2.45, 2.75) is 25.0 Å². The van der Waals surface area contributed by atoms with Gasteiger partial charge in [-0.15, -0.1) is 0 Å². The number of aromatic nitrogens is 2. The Kier molecular flexibility index (Phi) is 5.76. The molecule has 1 N–H and O–H groups in total. The van der Waals surface area contributed by atoms with E-state index in [2.05, 4.69) is 18.8 Å². The second kappa shape index (κ2) is 6.85. The summed E-state index contributed by atoms with van der Waals surface area (Å²) in [5.74, 6) is 1.37. The number of carbonyl (C=O) groups is 1. The molecule has 1 aromatic heterocycles. The van der Waals surface area contributed by atoms with Crippen molar-refractivity contribution in [3.8, 4) is 0 Å². The third kappa shape index (κ3) is 4.09. The van der Waals surface area contributed by atoms with Gasteiger partial charge in [-0.05, 0) is 12.7 Å². The summed E-state index contributed by atoms with van der Waals surface area (Å²) in [6.07, 6.45) is 3.63. The van der Waals surface area contributed by atoms with Crippen molar-refractivity contribution in [2.24, 2.45) is 0 Å². The number of rotatable bonds is 7. The van der Waals surface area contributed by atoms with Crippen molar-refractivity contribution in [1.82, 2.24) is 9.55 Å². The fourth-order valence-electron chi connectivity index (χ4n) is 1.24. The molecule has 16 heavy (non-hydrogen) atoms. The van der Waals surface area contributed by atoms with Crippen molar-refractivity contribution >= 4 is 29.5 Å². The third-order valence-corrected chi connectivity index (χ3v) is 4.09. The van der Waals surface area contributed by atoms with Crippen LogP contribution in [0.25, 0.3) is 0 Å². The Balaban J connectivity index is 2.58. The van der Waals surface area contributed by atoms with Crippen LogP contribution in [0.5, 0.6) is 0 Å². The zero-order chi connectivity index (χ0) is 12.0. The Bertz CT molecular complexity index is 341. The van der Waals surface area contributed by atoms with Crippen LogP contribution in [0.4, 0.5) is 0 Å². The van der Waals surface area contributed by atoms with E-state index in [0.29, 0.717) is 6.04 Å². The molecule has 0 bridgehead atoms. The number of nitrogens with zero attached hydrogens (tertiary/aromatic N) is 2. The zero-order valence-corrected chi connectivity index (χ0v) is 11.1. The molecule has 4 nitrogen and oxygen atoms in total. The minimum absolute atomic E-state index is 0.0602. The Hall–Kier alpha value is -0.620. The van der Waals surface area contributed by atoms with Gasteiger partial charge < -0.3 is 9.67 Å². The first-order chi connectivity index (χ1) is 7.65. The standard InChI is InChI=1S/C10H16N2O2S2/c1-3-15-6-8(2)12-5-4-11-10(12)16-7-9(13)14/h4-5,8H,3,6-7H2,1-2H3,(H,13,14). The maximum Gasteiger partial charge on any atom is 0.313 e. The molecule has 1 atom stereocenters. The van der Waals surface area contributed by atoms with E-state index < -0.39 is 5.97 Å². The quantitative estimate of drug-likeness (QED) is 0.763. The van der Waals surface area contributed by atoms with Crippen LogP contribution in [0.1, 0.15) is 19.9 Å². The van der Waals surface area contributed by atoms with Crippen molar-refractivity contribution in [3.63, 3.8) is 0 Å². The Labute approximate surface area is 104 Å². The van der Waals surface area contributed by atoms with Crippen LogP contribution in [0, 0.1) is 0 Å². The molecule has 1 aromatic rings. The van der Waals surface area contributed by atoms with Crippen LogP contribution >= 0.6 is 23.5 Å². The molecule has 0 spiro atoms. The Morgan fingerprint density at radius 1 is 1.69 bits per heavy atom. The van der Waals surface area contributed by atoms with Crippen LogP contribution < -0.4 is 0 Å². The summed E-state index contributed by atoms with van der Waals surface area (Å²) in [5, 5.41) is 9.41. The summed E-state index contributed by atoms with van der Waals surface area (Å²) >= 11 is 3.14. The lowest BCUT2D eigenvalue weighted by Gasteiger charge is -2.14. The van der Waals surface area contributed by atoms with E-state index in [1.807, 2.05) is 22.5 Å². The van der Waals surface area contributed by atoms with Crippen molar-refractivity contribution in [1.29, 1.82) is 0 Å². The number of hydrogen-bond donors (Lipinski definition) is 1. The molecule has 0 saturated carbocycles. The van der Waals surface area contributed by atoms with E-state index in [-0.39, 0.29) is 5.75 Å². The van der Waals surface area contributed by atoms with Crippen LogP contribution in [0.2, 0.25) is 0 Å². The summed E-state index contributed by atoms with van der Waals surface area (Å²) in [5.41, 5.74) is 0. The summed E-state index contributed by atoms with van der Waals surface area (Å²) in [7, 11) is 0. The van der Waals surface area contributed by atoms with Gasteiger partial charge in [-0.25, -0.2) is 4.98 Å². The van der Waals surface area contributed by atoms with Crippen molar-refractivity contribution in [3.05, 3.63) is 12.4 Å². The van der Waals surface area contributed by atoms with E-state index in [9.17, 15) is 4.79 Å². The average Bonchev–Trinajstić information content (AvgIpc) is 2.71. The predicted molar refractivity (Wildman–Crippen MR) is 68.3 cm³/mol. The van der Waals surface area contributed by atoms with Crippen molar-refractivity contribution < 1.29 is 9.90 Å². The lowest BCUT2D eigenvalue weighted by Crippen LogP contribution is -2.09. The number of carboxylic acids is 1. The highest BCUT2D eigenvalue weighted by Gasteiger charge is 2.11. The van der Waals surface area contributed by atoms with Gasteiger partial charge in [0.1, 0.15) is 0 Å². The van der Waals surface area contributed by atoms with Gasteiger partial charge in [0.15, 0.2) is 5.16 Å². The molecule has 0 aliphatic rings. The minimum Gasteiger partial charge on any atom is -0.481 e. The molecule has 1 unspecified atom stereocenters. The lowest BCUT2D eigenvalue weighted by atomic mass is 10.4. The number of aliphatic carboxylic acids is 1. The normalized spacial score (nSPS) is 12.6. The van der Waals surface area contributed by atoms with Crippen LogP contribution in [-0.4, -0.2) is 37.9 Å². The molecule has 6 heteroatoms. The molecule has 0 fully saturated rings. The van der Waals surface area contributed by atoms with Gasteiger partial charge in [-0.1, -0.05) is 18.7 Å². The Morgan fingerprint density at radius 2 is 2.44 bits per heavy atom. The monoisotopic (exact) mass is 260 g/mol. The number of carboxylic acid groups (broad SMARTS) is 1. The first-order valence-corrected chi connectivity index (χ1v) is 7.24.